The van der Waals surface area contributed by atoms with Crippen LogP contribution < -0.4 is 11.3 Å². The molecule has 1 aliphatic rings. The van der Waals surface area contributed by atoms with Crippen molar-refractivity contribution < 1.29 is 4.74 Å². The Bertz CT molecular complexity index is 442. The molecular formula is C15H23ClN2O. The summed E-state index contributed by atoms with van der Waals surface area (Å²) in [5.74, 6) is 6.11. The molecule has 106 valence electrons. The number of hydrazine groups is 1. The monoisotopic (exact) mass is 282 g/mol. The van der Waals surface area contributed by atoms with Crippen molar-refractivity contribution in [1.29, 1.82) is 0 Å². The summed E-state index contributed by atoms with van der Waals surface area (Å²) in [5.41, 5.74) is 3.77. The lowest BCUT2D eigenvalue weighted by molar-refractivity contribution is -0.0779. The molecule has 1 heterocycles. The maximum absolute atomic E-state index is 6.16. The standard InChI is InChI=1S/C15H23ClN2O/c1-14(2)9-12(15(3,4)19-14)13(18-17)10-5-7-11(16)8-6-10/h5-8,12-13,18H,9,17H2,1-4H3. The number of benzene rings is 1. The first-order chi connectivity index (χ1) is 8.75. The topological polar surface area (TPSA) is 47.3 Å². The van der Waals surface area contributed by atoms with Gasteiger partial charge in [0.15, 0.2) is 0 Å². The predicted molar refractivity (Wildman–Crippen MR) is 78.9 cm³/mol. The lowest BCUT2D eigenvalue weighted by atomic mass is 9.79. The fraction of sp³-hybridized carbons (Fsp3) is 0.600. The molecule has 1 fully saturated rings. The fourth-order valence-corrected chi connectivity index (χ4v) is 3.36. The highest BCUT2D eigenvalue weighted by Gasteiger charge is 2.49. The van der Waals surface area contributed by atoms with Gasteiger partial charge in [-0.25, -0.2) is 0 Å². The molecule has 1 aromatic carbocycles. The van der Waals surface area contributed by atoms with Crippen molar-refractivity contribution in [2.24, 2.45) is 11.8 Å². The lowest BCUT2D eigenvalue weighted by Crippen LogP contribution is -2.41. The van der Waals surface area contributed by atoms with Crippen LogP contribution >= 0.6 is 11.6 Å². The lowest BCUT2D eigenvalue weighted by Gasteiger charge is -2.32. The number of nitrogens with one attached hydrogen (secondary N) is 1. The average molecular weight is 283 g/mol. The minimum atomic E-state index is -0.208. The van der Waals surface area contributed by atoms with Crippen LogP contribution in [0.15, 0.2) is 24.3 Å². The Labute approximate surface area is 120 Å². The molecule has 19 heavy (non-hydrogen) atoms. The van der Waals surface area contributed by atoms with E-state index in [0.717, 1.165) is 17.0 Å². The quantitative estimate of drug-likeness (QED) is 0.659. The zero-order chi connectivity index (χ0) is 14.3. The van der Waals surface area contributed by atoms with Gasteiger partial charge in [-0.15, -0.1) is 0 Å². The van der Waals surface area contributed by atoms with Gasteiger partial charge in [-0.1, -0.05) is 23.7 Å². The highest BCUT2D eigenvalue weighted by Crippen LogP contribution is 2.47. The van der Waals surface area contributed by atoms with E-state index in [9.17, 15) is 0 Å². The molecule has 4 heteroatoms. The summed E-state index contributed by atoms with van der Waals surface area (Å²) in [7, 11) is 0. The second kappa shape index (κ2) is 5.06. The van der Waals surface area contributed by atoms with E-state index in [-0.39, 0.29) is 17.2 Å². The maximum Gasteiger partial charge on any atom is 0.0681 e. The van der Waals surface area contributed by atoms with Gasteiger partial charge in [-0.05, 0) is 51.8 Å². The minimum Gasteiger partial charge on any atom is -0.369 e. The molecule has 1 saturated heterocycles. The van der Waals surface area contributed by atoms with Crippen LogP contribution in [-0.4, -0.2) is 11.2 Å². The number of hydrogen-bond donors (Lipinski definition) is 2. The molecule has 0 bridgehead atoms. The Balaban J connectivity index is 2.29. The largest absolute Gasteiger partial charge is 0.369 e. The van der Waals surface area contributed by atoms with Crippen LogP contribution in [0.2, 0.25) is 5.02 Å². The van der Waals surface area contributed by atoms with Crippen LogP contribution in [0.25, 0.3) is 0 Å². The summed E-state index contributed by atoms with van der Waals surface area (Å²) in [5, 5.41) is 0.738. The van der Waals surface area contributed by atoms with Crippen LogP contribution in [0, 0.1) is 5.92 Å². The van der Waals surface area contributed by atoms with Gasteiger partial charge >= 0.3 is 0 Å². The van der Waals surface area contributed by atoms with Gasteiger partial charge in [-0.2, -0.15) is 0 Å². The number of hydrogen-bond acceptors (Lipinski definition) is 3. The summed E-state index contributed by atoms with van der Waals surface area (Å²) >= 11 is 5.94. The van der Waals surface area contributed by atoms with Gasteiger partial charge in [0.05, 0.1) is 17.2 Å². The van der Waals surface area contributed by atoms with E-state index < -0.39 is 0 Å². The summed E-state index contributed by atoms with van der Waals surface area (Å²) in [6.45, 7) is 8.52. The molecule has 1 aromatic rings. The highest BCUT2D eigenvalue weighted by atomic mass is 35.5. The predicted octanol–water partition coefficient (Wildman–Crippen LogP) is 3.44. The molecule has 2 rings (SSSR count). The van der Waals surface area contributed by atoms with E-state index in [1.165, 1.54) is 0 Å². The Morgan fingerprint density at radius 1 is 1.26 bits per heavy atom. The van der Waals surface area contributed by atoms with Crippen LogP contribution in [0.1, 0.15) is 45.7 Å². The van der Waals surface area contributed by atoms with E-state index in [1.807, 2.05) is 24.3 Å². The van der Waals surface area contributed by atoms with Gasteiger partial charge in [-0.3, -0.25) is 11.3 Å². The van der Waals surface area contributed by atoms with Crippen LogP contribution in [-0.2, 0) is 4.74 Å². The molecule has 2 atom stereocenters. The first-order valence-corrected chi connectivity index (χ1v) is 7.05. The molecule has 0 aromatic heterocycles. The summed E-state index contributed by atoms with van der Waals surface area (Å²) in [6, 6.07) is 7.90. The van der Waals surface area contributed by atoms with Crippen LogP contribution in [0.4, 0.5) is 0 Å². The molecule has 2 unspecified atom stereocenters. The fourth-order valence-electron chi connectivity index (χ4n) is 3.24. The second-order valence-corrected chi connectivity index (χ2v) is 6.91. The van der Waals surface area contributed by atoms with Crippen molar-refractivity contribution in [3.05, 3.63) is 34.9 Å². The molecule has 0 spiro atoms. The summed E-state index contributed by atoms with van der Waals surface area (Å²) < 4.78 is 6.16. The van der Waals surface area contributed by atoms with E-state index in [0.29, 0.717) is 5.92 Å². The molecule has 1 aliphatic heterocycles. The normalized spacial score (nSPS) is 26.3. The van der Waals surface area contributed by atoms with E-state index in [1.54, 1.807) is 0 Å². The molecule has 0 aliphatic carbocycles. The third-order valence-corrected chi connectivity index (χ3v) is 4.21. The number of ether oxygens (including phenoxy) is 1. The molecule has 0 saturated carbocycles. The van der Waals surface area contributed by atoms with E-state index in [2.05, 4.69) is 33.1 Å². The Morgan fingerprint density at radius 3 is 2.26 bits per heavy atom. The van der Waals surface area contributed by atoms with Crippen molar-refractivity contribution >= 4 is 11.6 Å². The molecular weight excluding hydrogens is 260 g/mol. The van der Waals surface area contributed by atoms with Gasteiger partial charge < -0.3 is 4.74 Å². The van der Waals surface area contributed by atoms with Crippen molar-refractivity contribution in [3.8, 4) is 0 Å². The maximum atomic E-state index is 6.16. The Hall–Kier alpha value is -0.610. The smallest absolute Gasteiger partial charge is 0.0681 e. The SMILES string of the molecule is CC1(C)CC(C(NN)c2ccc(Cl)cc2)C(C)(C)O1. The number of nitrogens with two attached hydrogens (primary N) is 1. The van der Waals surface area contributed by atoms with Gasteiger partial charge in [0.2, 0.25) is 0 Å². The van der Waals surface area contributed by atoms with Crippen molar-refractivity contribution in [2.75, 3.05) is 0 Å². The van der Waals surface area contributed by atoms with Crippen LogP contribution in [0.3, 0.4) is 0 Å². The summed E-state index contributed by atoms with van der Waals surface area (Å²) in [4.78, 5) is 0. The second-order valence-electron chi connectivity index (χ2n) is 6.47. The average Bonchev–Trinajstić information content (AvgIpc) is 2.51. The van der Waals surface area contributed by atoms with Crippen molar-refractivity contribution in [1.82, 2.24) is 5.43 Å². The Kier molecular flexibility index (Phi) is 3.94. The van der Waals surface area contributed by atoms with E-state index >= 15 is 0 Å². The molecule has 0 amide bonds. The van der Waals surface area contributed by atoms with E-state index in [4.69, 9.17) is 22.2 Å². The zero-order valence-electron chi connectivity index (χ0n) is 12.0. The number of halogens is 1. The Morgan fingerprint density at radius 2 is 1.84 bits per heavy atom. The minimum absolute atomic E-state index is 0.0639. The molecule has 0 radical (unpaired) electrons. The van der Waals surface area contributed by atoms with Crippen molar-refractivity contribution in [3.63, 3.8) is 0 Å². The van der Waals surface area contributed by atoms with Gasteiger partial charge in [0.25, 0.3) is 0 Å². The molecule has 3 nitrogen and oxygen atoms in total. The van der Waals surface area contributed by atoms with Crippen molar-refractivity contribution in [2.45, 2.75) is 51.4 Å². The molecule has 3 N–H and O–H groups in total. The highest BCUT2D eigenvalue weighted by molar-refractivity contribution is 6.30. The zero-order valence-corrected chi connectivity index (χ0v) is 12.8. The van der Waals surface area contributed by atoms with Gasteiger partial charge in [0.1, 0.15) is 0 Å². The third kappa shape index (κ3) is 3.11. The third-order valence-electron chi connectivity index (χ3n) is 3.95. The van der Waals surface area contributed by atoms with Gasteiger partial charge in [0, 0.05) is 10.9 Å². The first kappa shape index (κ1) is 14.8. The first-order valence-electron chi connectivity index (χ1n) is 6.67. The number of rotatable bonds is 3. The van der Waals surface area contributed by atoms with Crippen LogP contribution in [0.5, 0.6) is 0 Å². The summed E-state index contributed by atoms with van der Waals surface area (Å²) in [6.07, 6.45) is 0.970.